The Morgan fingerprint density at radius 3 is 2.48 bits per heavy atom. The van der Waals surface area contributed by atoms with Gasteiger partial charge in [0.05, 0.1) is 6.61 Å². The van der Waals surface area contributed by atoms with Crippen LogP contribution in [0.15, 0.2) is 18.2 Å². The first-order valence-electron chi connectivity index (χ1n) is 7.93. The molecule has 0 spiro atoms. The number of hydrogen-bond donors (Lipinski definition) is 1. The third kappa shape index (κ3) is 4.10. The van der Waals surface area contributed by atoms with Crippen LogP contribution in [0.2, 0.25) is 0 Å². The minimum Gasteiger partial charge on any atom is -0.481 e. The van der Waals surface area contributed by atoms with Crippen molar-refractivity contribution in [3.05, 3.63) is 34.9 Å². The van der Waals surface area contributed by atoms with Crippen LogP contribution in [0.3, 0.4) is 0 Å². The summed E-state index contributed by atoms with van der Waals surface area (Å²) in [4.78, 5) is 25.6. The van der Waals surface area contributed by atoms with Crippen LogP contribution in [0.5, 0.6) is 0 Å². The van der Waals surface area contributed by atoms with Crippen LogP contribution in [0.1, 0.15) is 29.5 Å². The summed E-state index contributed by atoms with van der Waals surface area (Å²) in [6.45, 7) is 4.96. The van der Waals surface area contributed by atoms with Gasteiger partial charge in [-0.05, 0) is 32.3 Å². The molecule has 0 bridgehead atoms. The number of rotatable bonds is 6. The van der Waals surface area contributed by atoms with E-state index in [1.807, 2.05) is 13.8 Å². The fraction of sp³-hybridized carbons (Fsp3) is 0.556. The molecule has 1 saturated heterocycles. The molecular formula is C18H25NO4. The van der Waals surface area contributed by atoms with E-state index in [0.717, 1.165) is 5.56 Å². The second-order valence-electron chi connectivity index (χ2n) is 6.58. The summed E-state index contributed by atoms with van der Waals surface area (Å²) in [5, 5.41) is 9.45. The van der Waals surface area contributed by atoms with E-state index in [4.69, 9.17) is 4.74 Å². The van der Waals surface area contributed by atoms with Crippen LogP contribution in [0.25, 0.3) is 0 Å². The molecule has 1 amide bonds. The average molecular weight is 319 g/mol. The first kappa shape index (κ1) is 17.5. The molecule has 2 rings (SSSR count). The highest BCUT2D eigenvalue weighted by molar-refractivity contribution is 5.81. The SMILES string of the molecule is COCC1(C(=O)O)CCN(C(=O)CCc2cc(C)cc(C)c2)C1. The topological polar surface area (TPSA) is 66.8 Å². The molecule has 0 saturated carbocycles. The lowest BCUT2D eigenvalue weighted by Crippen LogP contribution is -2.40. The monoisotopic (exact) mass is 319 g/mol. The Morgan fingerprint density at radius 1 is 1.26 bits per heavy atom. The molecular weight excluding hydrogens is 294 g/mol. The van der Waals surface area contributed by atoms with E-state index in [2.05, 4.69) is 18.2 Å². The van der Waals surface area contributed by atoms with Gasteiger partial charge in [0.15, 0.2) is 0 Å². The number of carboxylic acid groups (broad SMARTS) is 1. The summed E-state index contributed by atoms with van der Waals surface area (Å²) >= 11 is 0. The molecule has 126 valence electrons. The van der Waals surface area contributed by atoms with E-state index < -0.39 is 11.4 Å². The Labute approximate surface area is 137 Å². The van der Waals surface area contributed by atoms with E-state index in [-0.39, 0.29) is 19.1 Å². The molecule has 1 fully saturated rings. The third-order valence-corrected chi connectivity index (χ3v) is 4.49. The summed E-state index contributed by atoms with van der Waals surface area (Å²) < 4.78 is 5.06. The van der Waals surface area contributed by atoms with E-state index in [1.165, 1.54) is 18.2 Å². The van der Waals surface area contributed by atoms with Crippen molar-refractivity contribution in [2.75, 3.05) is 26.8 Å². The fourth-order valence-electron chi connectivity index (χ4n) is 3.34. The second-order valence-corrected chi connectivity index (χ2v) is 6.58. The van der Waals surface area contributed by atoms with Gasteiger partial charge in [0.25, 0.3) is 0 Å². The molecule has 1 aliphatic rings. The van der Waals surface area contributed by atoms with Gasteiger partial charge in [-0.3, -0.25) is 9.59 Å². The van der Waals surface area contributed by atoms with Gasteiger partial charge in [0.1, 0.15) is 5.41 Å². The van der Waals surface area contributed by atoms with Gasteiger partial charge in [-0.25, -0.2) is 0 Å². The number of aliphatic carboxylic acids is 1. The lowest BCUT2D eigenvalue weighted by molar-refractivity contribution is -0.151. The first-order valence-corrected chi connectivity index (χ1v) is 7.93. The number of nitrogens with zero attached hydrogens (tertiary/aromatic N) is 1. The predicted molar refractivity (Wildman–Crippen MR) is 87.4 cm³/mol. The van der Waals surface area contributed by atoms with Gasteiger partial charge in [-0.2, -0.15) is 0 Å². The average Bonchev–Trinajstić information content (AvgIpc) is 2.90. The molecule has 1 N–H and O–H groups in total. The van der Waals surface area contributed by atoms with E-state index in [1.54, 1.807) is 4.90 Å². The number of hydrogen-bond acceptors (Lipinski definition) is 3. The zero-order chi connectivity index (χ0) is 17.0. The number of likely N-dealkylation sites (tertiary alicyclic amines) is 1. The lowest BCUT2D eigenvalue weighted by Gasteiger charge is -2.23. The maximum Gasteiger partial charge on any atom is 0.313 e. The largest absolute Gasteiger partial charge is 0.481 e. The van der Waals surface area contributed by atoms with Crippen molar-refractivity contribution >= 4 is 11.9 Å². The number of benzene rings is 1. The number of carbonyl (C=O) groups is 2. The molecule has 1 aliphatic heterocycles. The van der Waals surface area contributed by atoms with Crippen LogP contribution >= 0.6 is 0 Å². The van der Waals surface area contributed by atoms with Gasteiger partial charge in [0, 0.05) is 26.6 Å². The quantitative estimate of drug-likeness (QED) is 0.873. The van der Waals surface area contributed by atoms with Crippen molar-refractivity contribution in [2.24, 2.45) is 5.41 Å². The lowest BCUT2D eigenvalue weighted by atomic mass is 9.88. The minimum absolute atomic E-state index is 0.0170. The molecule has 5 nitrogen and oxygen atoms in total. The van der Waals surface area contributed by atoms with Crippen molar-refractivity contribution in [1.82, 2.24) is 4.90 Å². The predicted octanol–water partition coefficient (Wildman–Crippen LogP) is 2.19. The number of aryl methyl sites for hydroxylation is 3. The number of methoxy groups -OCH3 is 1. The zero-order valence-corrected chi connectivity index (χ0v) is 14.1. The van der Waals surface area contributed by atoms with Gasteiger partial charge in [-0.1, -0.05) is 29.3 Å². The molecule has 1 heterocycles. The molecule has 1 aromatic rings. The van der Waals surface area contributed by atoms with Crippen molar-refractivity contribution < 1.29 is 19.4 Å². The molecule has 1 aromatic carbocycles. The second kappa shape index (κ2) is 7.13. The Morgan fingerprint density at radius 2 is 1.91 bits per heavy atom. The zero-order valence-electron chi connectivity index (χ0n) is 14.1. The summed E-state index contributed by atoms with van der Waals surface area (Å²) in [7, 11) is 1.50. The molecule has 0 aromatic heterocycles. The highest BCUT2D eigenvalue weighted by Crippen LogP contribution is 2.31. The molecule has 0 radical (unpaired) electrons. The highest BCUT2D eigenvalue weighted by Gasteiger charge is 2.46. The van der Waals surface area contributed by atoms with Gasteiger partial charge in [0.2, 0.25) is 5.91 Å². The molecule has 23 heavy (non-hydrogen) atoms. The molecule has 0 aliphatic carbocycles. The van der Waals surface area contributed by atoms with Crippen LogP contribution in [0, 0.1) is 19.3 Å². The molecule has 1 atom stereocenters. The highest BCUT2D eigenvalue weighted by atomic mass is 16.5. The van der Waals surface area contributed by atoms with Crippen LogP contribution in [0.4, 0.5) is 0 Å². The standard InChI is InChI=1S/C18H25NO4/c1-13-8-14(2)10-15(9-13)4-5-16(20)19-7-6-18(11-19,12-23-3)17(21)22/h8-10H,4-7,11-12H2,1-3H3,(H,21,22). The number of carboxylic acids is 1. The Kier molecular flexibility index (Phi) is 5.42. The van der Waals surface area contributed by atoms with Crippen molar-refractivity contribution in [1.29, 1.82) is 0 Å². The van der Waals surface area contributed by atoms with Gasteiger partial charge >= 0.3 is 5.97 Å². The summed E-state index contributed by atoms with van der Waals surface area (Å²) in [6, 6.07) is 6.30. The molecule has 1 unspecified atom stereocenters. The Hall–Kier alpha value is -1.88. The number of amides is 1. The number of carbonyl (C=O) groups excluding carboxylic acids is 1. The van der Waals surface area contributed by atoms with Gasteiger partial charge in [-0.15, -0.1) is 0 Å². The third-order valence-electron chi connectivity index (χ3n) is 4.49. The van der Waals surface area contributed by atoms with E-state index in [0.29, 0.717) is 25.8 Å². The minimum atomic E-state index is -0.954. The van der Waals surface area contributed by atoms with Crippen LogP contribution in [-0.4, -0.2) is 48.7 Å². The Bertz CT molecular complexity index is 578. The van der Waals surface area contributed by atoms with Crippen molar-refractivity contribution in [3.8, 4) is 0 Å². The van der Waals surface area contributed by atoms with Crippen LogP contribution in [-0.2, 0) is 20.7 Å². The maximum atomic E-state index is 12.4. The first-order chi connectivity index (χ1) is 10.9. The van der Waals surface area contributed by atoms with Gasteiger partial charge < -0.3 is 14.7 Å². The smallest absolute Gasteiger partial charge is 0.313 e. The van der Waals surface area contributed by atoms with E-state index >= 15 is 0 Å². The number of ether oxygens (including phenoxy) is 1. The van der Waals surface area contributed by atoms with Crippen molar-refractivity contribution in [2.45, 2.75) is 33.1 Å². The van der Waals surface area contributed by atoms with Crippen molar-refractivity contribution in [3.63, 3.8) is 0 Å². The fourth-order valence-corrected chi connectivity index (χ4v) is 3.34. The maximum absolute atomic E-state index is 12.4. The van der Waals surface area contributed by atoms with E-state index in [9.17, 15) is 14.7 Å². The normalized spacial score (nSPS) is 20.7. The molecule has 5 heteroatoms. The van der Waals surface area contributed by atoms with Crippen LogP contribution < -0.4 is 0 Å². The summed E-state index contributed by atoms with van der Waals surface area (Å²) in [5.41, 5.74) is 2.58. The Balaban J connectivity index is 1.95. The summed E-state index contributed by atoms with van der Waals surface area (Å²) in [5.74, 6) is -0.868. The summed E-state index contributed by atoms with van der Waals surface area (Å²) in [6.07, 6.45) is 1.54.